The lowest BCUT2D eigenvalue weighted by molar-refractivity contribution is 0.138. The van der Waals surface area contributed by atoms with Crippen LogP contribution in [0, 0.1) is 11.8 Å². The number of rotatable bonds is 3. The third-order valence-corrected chi connectivity index (χ3v) is 3.94. The van der Waals surface area contributed by atoms with Gasteiger partial charge in [0.05, 0.1) is 6.10 Å². The quantitative estimate of drug-likeness (QED) is 0.695. The van der Waals surface area contributed by atoms with Crippen LogP contribution in [0.25, 0.3) is 0 Å². The largest absolute Gasteiger partial charge is 0.392 e. The Kier molecular flexibility index (Phi) is 2.61. The van der Waals surface area contributed by atoms with Gasteiger partial charge in [-0.3, -0.25) is 0 Å². The maximum atomic E-state index is 9.39. The van der Waals surface area contributed by atoms with E-state index in [4.69, 9.17) is 0 Å². The van der Waals surface area contributed by atoms with Crippen LogP contribution in [-0.4, -0.2) is 23.3 Å². The van der Waals surface area contributed by atoms with Gasteiger partial charge in [-0.15, -0.1) is 0 Å². The van der Waals surface area contributed by atoms with Crippen molar-refractivity contribution in [3.05, 3.63) is 0 Å². The number of aliphatic hydroxyl groups is 1. The summed E-state index contributed by atoms with van der Waals surface area (Å²) in [6, 6.07) is 0.952. The van der Waals surface area contributed by atoms with Crippen molar-refractivity contribution in [1.29, 1.82) is 0 Å². The third-order valence-electron chi connectivity index (χ3n) is 3.94. The van der Waals surface area contributed by atoms with E-state index < -0.39 is 0 Å². The molecule has 0 radical (unpaired) electrons. The first-order valence-corrected chi connectivity index (χ1v) is 5.61. The van der Waals surface area contributed by atoms with Gasteiger partial charge in [-0.05, 0) is 44.9 Å². The molecule has 0 saturated heterocycles. The molecule has 2 saturated carbocycles. The smallest absolute Gasteiger partial charge is 0.0662 e. The summed E-state index contributed by atoms with van der Waals surface area (Å²) in [5.74, 6) is 1.90. The summed E-state index contributed by atoms with van der Waals surface area (Å²) in [5.41, 5.74) is 0. The molecule has 2 bridgehead atoms. The minimum Gasteiger partial charge on any atom is -0.392 e. The van der Waals surface area contributed by atoms with Crippen LogP contribution < -0.4 is 5.32 Å². The van der Waals surface area contributed by atoms with E-state index in [1.165, 1.54) is 25.7 Å². The highest BCUT2D eigenvalue weighted by Crippen LogP contribution is 2.44. The summed E-state index contributed by atoms with van der Waals surface area (Å²) in [4.78, 5) is 0. The topological polar surface area (TPSA) is 32.3 Å². The van der Waals surface area contributed by atoms with Crippen molar-refractivity contribution in [2.45, 2.75) is 57.7 Å². The number of fused-ring (bicyclic) bond motifs is 2. The maximum absolute atomic E-state index is 9.39. The Morgan fingerprint density at radius 2 is 2.00 bits per heavy atom. The third kappa shape index (κ3) is 1.89. The molecule has 2 rings (SSSR count). The van der Waals surface area contributed by atoms with Crippen LogP contribution in [-0.2, 0) is 0 Å². The molecule has 0 heterocycles. The van der Waals surface area contributed by atoms with E-state index in [1.54, 1.807) is 0 Å². The normalized spacial score (nSPS) is 42.2. The number of aliphatic hydroxyl groups excluding tert-OH is 1. The molecule has 2 heteroatoms. The van der Waals surface area contributed by atoms with Crippen molar-refractivity contribution >= 4 is 0 Å². The average molecular weight is 183 g/mol. The minimum atomic E-state index is -0.223. The predicted octanol–water partition coefficient (Wildman–Crippen LogP) is 1.53. The number of hydrogen-bond donors (Lipinski definition) is 2. The zero-order chi connectivity index (χ0) is 9.42. The van der Waals surface area contributed by atoms with Crippen molar-refractivity contribution in [2.24, 2.45) is 11.8 Å². The standard InChI is InChI=1S/C11H21NO/c1-7(8(2)13)12-11-6-9-3-4-10(11)5-9/h7-13H,3-6H2,1-2H3. The highest BCUT2D eigenvalue weighted by molar-refractivity contribution is 4.95. The summed E-state index contributed by atoms with van der Waals surface area (Å²) in [7, 11) is 0. The van der Waals surface area contributed by atoms with Gasteiger partial charge in [-0.1, -0.05) is 6.42 Å². The van der Waals surface area contributed by atoms with Gasteiger partial charge in [0.2, 0.25) is 0 Å². The maximum Gasteiger partial charge on any atom is 0.0662 e. The zero-order valence-electron chi connectivity index (χ0n) is 8.66. The van der Waals surface area contributed by atoms with Crippen LogP contribution in [0.1, 0.15) is 39.5 Å². The Morgan fingerprint density at radius 3 is 2.46 bits per heavy atom. The predicted molar refractivity (Wildman–Crippen MR) is 53.5 cm³/mol. The molecule has 0 aromatic rings. The van der Waals surface area contributed by atoms with E-state index >= 15 is 0 Å². The van der Waals surface area contributed by atoms with E-state index in [0.717, 1.165) is 11.8 Å². The molecule has 2 nitrogen and oxygen atoms in total. The van der Waals surface area contributed by atoms with Gasteiger partial charge in [-0.2, -0.15) is 0 Å². The summed E-state index contributed by atoms with van der Waals surface area (Å²) in [6.07, 6.45) is 5.42. The van der Waals surface area contributed by atoms with Crippen molar-refractivity contribution < 1.29 is 5.11 Å². The average Bonchev–Trinajstić information content (AvgIpc) is 2.64. The number of hydrogen-bond acceptors (Lipinski definition) is 2. The first-order chi connectivity index (χ1) is 6.16. The Morgan fingerprint density at radius 1 is 1.23 bits per heavy atom. The van der Waals surface area contributed by atoms with Gasteiger partial charge in [0.25, 0.3) is 0 Å². The van der Waals surface area contributed by atoms with Gasteiger partial charge in [0.1, 0.15) is 0 Å². The van der Waals surface area contributed by atoms with Crippen LogP contribution in [0.4, 0.5) is 0 Å². The second kappa shape index (κ2) is 3.58. The molecule has 0 amide bonds. The van der Waals surface area contributed by atoms with Crippen molar-refractivity contribution in [2.75, 3.05) is 0 Å². The van der Waals surface area contributed by atoms with E-state index in [1.807, 2.05) is 6.92 Å². The van der Waals surface area contributed by atoms with Crippen LogP contribution >= 0.6 is 0 Å². The Bertz CT molecular complexity index is 181. The Labute approximate surface area is 80.7 Å². The molecular weight excluding hydrogens is 162 g/mol. The molecule has 5 atom stereocenters. The molecular formula is C11H21NO. The minimum absolute atomic E-state index is 0.223. The molecule has 13 heavy (non-hydrogen) atoms. The van der Waals surface area contributed by atoms with E-state index in [9.17, 15) is 5.11 Å². The molecule has 76 valence electrons. The monoisotopic (exact) mass is 183 g/mol. The molecule has 0 aromatic heterocycles. The lowest BCUT2D eigenvalue weighted by atomic mass is 9.94. The fraction of sp³-hybridized carbons (Fsp3) is 1.00. The lowest BCUT2D eigenvalue weighted by Crippen LogP contribution is -2.44. The lowest BCUT2D eigenvalue weighted by Gasteiger charge is -2.28. The van der Waals surface area contributed by atoms with Gasteiger partial charge in [0, 0.05) is 12.1 Å². The van der Waals surface area contributed by atoms with Crippen LogP contribution in [0.2, 0.25) is 0 Å². The van der Waals surface area contributed by atoms with Crippen molar-refractivity contribution in [3.63, 3.8) is 0 Å². The van der Waals surface area contributed by atoms with E-state index in [0.29, 0.717) is 6.04 Å². The molecule has 2 fully saturated rings. The summed E-state index contributed by atoms with van der Waals surface area (Å²) in [5, 5.41) is 12.9. The van der Waals surface area contributed by atoms with Gasteiger partial charge in [-0.25, -0.2) is 0 Å². The zero-order valence-corrected chi connectivity index (χ0v) is 8.66. The molecule has 0 aliphatic heterocycles. The molecule has 2 aliphatic carbocycles. The van der Waals surface area contributed by atoms with Crippen LogP contribution in [0.5, 0.6) is 0 Å². The van der Waals surface area contributed by atoms with Gasteiger partial charge >= 0.3 is 0 Å². The Hall–Kier alpha value is -0.0800. The van der Waals surface area contributed by atoms with Gasteiger partial charge < -0.3 is 10.4 Å². The molecule has 0 spiro atoms. The fourth-order valence-corrected chi connectivity index (χ4v) is 2.93. The highest BCUT2D eigenvalue weighted by atomic mass is 16.3. The SMILES string of the molecule is CC(O)C(C)NC1CC2CCC1C2. The second-order valence-electron chi connectivity index (χ2n) is 4.98. The Balaban J connectivity index is 1.83. The first-order valence-electron chi connectivity index (χ1n) is 5.61. The highest BCUT2D eigenvalue weighted by Gasteiger charge is 2.39. The summed E-state index contributed by atoms with van der Waals surface area (Å²) < 4.78 is 0. The molecule has 0 aromatic carbocycles. The van der Waals surface area contributed by atoms with Crippen LogP contribution in [0.15, 0.2) is 0 Å². The van der Waals surface area contributed by atoms with E-state index in [-0.39, 0.29) is 12.1 Å². The second-order valence-corrected chi connectivity index (χ2v) is 4.98. The van der Waals surface area contributed by atoms with E-state index in [2.05, 4.69) is 12.2 Å². The van der Waals surface area contributed by atoms with Crippen molar-refractivity contribution in [1.82, 2.24) is 5.32 Å². The first kappa shape index (κ1) is 9.47. The van der Waals surface area contributed by atoms with Crippen molar-refractivity contribution in [3.8, 4) is 0 Å². The molecule has 2 N–H and O–H groups in total. The van der Waals surface area contributed by atoms with Gasteiger partial charge in [0.15, 0.2) is 0 Å². The molecule has 5 unspecified atom stereocenters. The van der Waals surface area contributed by atoms with Crippen LogP contribution in [0.3, 0.4) is 0 Å². The summed E-state index contributed by atoms with van der Waals surface area (Å²) in [6.45, 7) is 3.95. The fourth-order valence-electron chi connectivity index (χ4n) is 2.93. The number of nitrogens with one attached hydrogen (secondary N) is 1. The summed E-state index contributed by atoms with van der Waals surface area (Å²) >= 11 is 0. The molecule has 2 aliphatic rings.